The quantitative estimate of drug-likeness (QED) is 0.594. The van der Waals surface area contributed by atoms with Crippen LogP contribution in [-0.2, 0) is 4.79 Å². The van der Waals surface area contributed by atoms with Crippen molar-refractivity contribution in [1.82, 2.24) is 0 Å². The molecule has 0 heterocycles. The zero-order valence-corrected chi connectivity index (χ0v) is 9.00. The lowest BCUT2D eigenvalue weighted by molar-refractivity contribution is 0.231. The highest BCUT2D eigenvalue weighted by atomic mass is 16.7. The molecule has 3 nitrogen and oxygen atoms in total. The molecule has 0 aromatic heterocycles. The predicted molar refractivity (Wildman–Crippen MR) is 63.3 cm³/mol. The van der Waals surface area contributed by atoms with Gasteiger partial charge in [0.05, 0.1) is 0 Å². The lowest BCUT2D eigenvalue weighted by Crippen LogP contribution is -2.04. The molecule has 2 rings (SSSR count). The summed E-state index contributed by atoms with van der Waals surface area (Å²) in [6, 6.07) is 17.8. The maximum Gasteiger partial charge on any atom is 0.380 e. The SMILES string of the molecule is O=C=C(Oc1ccccc1)Oc1ccccc1. The van der Waals surface area contributed by atoms with E-state index in [1.165, 1.54) is 0 Å². The van der Waals surface area contributed by atoms with E-state index in [1.54, 1.807) is 54.5 Å². The van der Waals surface area contributed by atoms with Crippen LogP contribution >= 0.6 is 0 Å². The smallest absolute Gasteiger partial charge is 0.380 e. The number of carbonyl (C=O) groups excluding carboxylic acids is 1. The lowest BCUT2D eigenvalue weighted by atomic mass is 10.3. The summed E-state index contributed by atoms with van der Waals surface area (Å²) in [5, 5.41) is 0. The van der Waals surface area contributed by atoms with Crippen LogP contribution in [0.15, 0.2) is 66.6 Å². The summed E-state index contributed by atoms with van der Waals surface area (Å²) in [4.78, 5) is 10.7. The third kappa shape index (κ3) is 3.23. The molecule has 17 heavy (non-hydrogen) atoms. The molecule has 0 saturated carbocycles. The number of ether oxygens (including phenoxy) is 2. The first kappa shape index (κ1) is 11.0. The van der Waals surface area contributed by atoms with Crippen molar-refractivity contribution in [2.45, 2.75) is 0 Å². The van der Waals surface area contributed by atoms with Gasteiger partial charge in [0.1, 0.15) is 11.5 Å². The Labute approximate surface area is 98.9 Å². The molecule has 3 heteroatoms. The van der Waals surface area contributed by atoms with Crippen molar-refractivity contribution in [3.8, 4) is 11.5 Å². The molecule has 0 amide bonds. The Morgan fingerprint density at radius 3 is 1.53 bits per heavy atom. The van der Waals surface area contributed by atoms with Gasteiger partial charge in [-0.1, -0.05) is 36.4 Å². The van der Waals surface area contributed by atoms with E-state index in [1.807, 2.05) is 12.1 Å². The zero-order valence-electron chi connectivity index (χ0n) is 9.00. The molecule has 0 radical (unpaired) electrons. The third-order valence-corrected chi connectivity index (χ3v) is 1.99. The van der Waals surface area contributed by atoms with Gasteiger partial charge in [-0.3, -0.25) is 0 Å². The van der Waals surface area contributed by atoms with Crippen molar-refractivity contribution in [2.75, 3.05) is 0 Å². The summed E-state index contributed by atoms with van der Waals surface area (Å²) >= 11 is 0. The zero-order chi connectivity index (χ0) is 11.9. The van der Waals surface area contributed by atoms with E-state index in [0.29, 0.717) is 11.5 Å². The van der Waals surface area contributed by atoms with Crippen LogP contribution in [0.1, 0.15) is 0 Å². The fraction of sp³-hybridized carbons (Fsp3) is 0. The average Bonchev–Trinajstić information content (AvgIpc) is 2.40. The normalized spacial score (nSPS) is 9.18. The Hall–Kier alpha value is -2.51. The molecule has 0 atom stereocenters. The summed E-state index contributed by atoms with van der Waals surface area (Å²) in [6.45, 7) is 0. The van der Waals surface area contributed by atoms with Crippen LogP contribution in [0.25, 0.3) is 0 Å². The molecule has 0 aliphatic rings. The van der Waals surface area contributed by atoms with Crippen molar-refractivity contribution in [3.05, 3.63) is 66.6 Å². The summed E-state index contributed by atoms with van der Waals surface area (Å²) in [5.74, 6) is 2.47. The van der Waals surface area contributed by atoms with Gasteiger partial charge in [0.25, 0.3) is 0 Å². The van der Waals surface area contributed by atoms with Gasteiger partial charge >= 0.3 is 5.95 Å². The largest absolute Gasteiger partial charge is 0.418 e. The van der Waals surface area contributed by atoms with Crippen molar-refractivity contribution in [3.63, 3.8) is 0 Å². The number of benzene rings is 2. The minimum atomic E-state index is -0.206. The van der Waals surface area contributed by atoms with Gasteiger partial charge < -0.3 is 9.47 Å². The summed E-state index contributed by atoms with van der Waals surface area (Å²) in [7, 11) is 0. The fourth-order valence-corrected chi connectivity index (χ4v) is 1.25. The van der Waals surface area contributed by atoms with Gasteiger partial charge in [-0.2, -0.15) is 0 Å². The molecular formula is C14H10O3. The van der Waals surface area contributed by atoms with Crippen LogP contribution in [-0.4, -0.2) is 5.94 Å². The van der Waals surface area contributed by atoms with Crippen LogP contribution in [0.2, 0.25) is 0 Å². The summed E-state index contributed by atoms with van der Waals surface area (Å²) in [6.07, 6.45) is 0. The summed E-state index contributed by atoms with van der Waals surface area (Å²) in [5.41, 5.74) is 0. The topological polar surface area (TPSA) is 35.5 Å². The number of rotatable bonds is 4. The van der Waals surface area contributed by atoms with E-state index in [-0.39, 0.29) is 5.95 Å². The molecule has 0 saturated heterocycles. The van der Waals surface area contributed by atoms with Crippen molar-refractivity contribution in [1.29, 1.82) is 0 Å². The Morgan fingerprint density at radius 1 is 0.765 bits per heavy atom. The Morgan fingerprint density at radius 2 is 1.18 bits per heavy atom. The molecule has 0 spiro atoms. The molecule has 0 fully saturated rings. The predicted octanol–water partition coefficient (Wildman–Crippen LogP) is 2.82. The highest BCUT2D eigenvalue weighted by Gasteiger charge is 2.04. The van der Waals surface area contributed by atoms with Gasteiger partial charge in [0.15, 0.2) is 0 Å². The van der Waals surface area contributed by atoms with Crippen LogP contribution in [0.4, 0.5) is 0 Å². The Balaban J connectivity index is 2.07. The van der Waals surface area contributed by atoms with Crippen molar-refractivity contribution in [2.24, 2.45) is 0 Å². The second-order valence-electron chi connectivity index (χ2n) is 3.22. The van der Waals surface area contributed by atoms with E-state index in [2.05, 4.69) is 0 Å². The fourth-order valence-electron chi connectivity index (χ4n) is 1.25. The minimum absolute atomic E-state index is 0.206. The van der Waals surface area contributed by atoms with Gasteiger partial charge in [-0.15, -0.1) is 0 Å². The summed E-state index contributed by atoms with van der Waals surface area (Å²) < 4.78 is 10.5. The molecular weight excluding hydrogens is 216 g/mol. The molecule has 2 aromatic rings. The van der Waals surface area contributed by atoms with Crippen LogP contribution < -0.4 is 9.47 Å². The van der Waals surface area contributed by atoms with Gasteiger partial charge in [-0.25, -0.2) is 4.79 Å². The minimum Gasteiger partial charge on any atom is -0.418 e. The number of hydrogen-bond donors (Lipinski definition) is 0. The maximum atomic E-state index is 10.7. The molecule has 0 unspecified atom stereocenters. The molecule has 0 aliphatic carbocycles. The van der Waals surface area contributed by atoms with Crippen LogP contribution in [0.5, 0.6) is 11.5 Å². The molecule has 84 valence electrons. The molecule has 0 N–H and O–H groups in total. The second kappa shape index (κ2) is 5.54. The first-order valence-corrected chi connectivity index (χ1v) is 5.09. The third-order valence-electron chi connectivity index (χ3n) is 1.99. The van der Waals surface area contributed by atoms with Crippen molar-refractivity contribution < 1.29 is 14.3 Å². The number of hydrogen-bond acceptors (Lipinski definition) is 3. The van der Waals surface area contributed by atoms with Crippen LogP contribution in [0.3, 0.4) is 0 Å². The van der Waals surface area contributed by atoms with E-state index in [9.17, 15) is 4.79 Å². The lowest BCUT2D eigenvalue weighted by Gasteiger charge is -2.07. The Bertz CT molecular complexity index is 470. The highest BCUT2D eigenvalue weighted by molar-refractivity contribution is 5.49. The molecule has 0 bridgehead atoms. The van der Waals surface area contributed by atoms with E-state index in [0.717, 1.165) is 0 Å². The van der Waals surface area contributed by atoms with E-state index < -0.39 is 0 Å². The van der Waals surface area contributed by atoms with E-state index >= 15 is 0 Å². The number of para-hydroxylation sites is 2. The van der Waals surface area contributed by atoms with Gasteiger partial charge in [0, 0.05) is 0 Å². The first-order chi connectivity index (χ1) is 8.38. The maximum absolute atomic E-state index is 10.7. The molecule has 0 aliphatic heterocycles. The van der Waals surface area contributed by atoms with Gasteiger partial charge in [0.2, 0.25) is 5.94 Å². The monoisotopic (exact) mass is 226 g/mol. The van der Waals surface area contributed by atoms with Gasteiger partial charge in [-0.05, 0) is 24.3 Å². The second-order valence-corrected chi connectivity index (χ2v) is 3.22. The van der Waals surface area contributed by atoms with Crippen LogP contribution in [0, 0.1) is 0 Å². The molecule has 2 aromatic carbocycles. The Kier molecular flexibility index (Phi) is 3.58. The van der Waals surface area contributed by atoms with Crippen molar-refractivity contribution >= 4 is 5.94 Å². The highest BCUT2D eigenvalue weighted by Crippen LogP contribution is 2.15. The standard InChI is InChI=1S/C14H10O3/c15-11-14(16-12-7-3-1-4-8-12)17-13-9-5-2-6-10-13/h1-10H. The van der Waals surface area contributed by atoms with E-state index in [4.69, 9.17) is 9.47 Å². The first-order valence-electron chi connectivity index (χ1n) is 5.09. The average molecular weight is 226 g/mol.